The second-order valence-corrected chi connectivity index (χ2v) is 7.67. The first-order chi connectivity index (χ1) is 10.2. The van der Waals surface area contributed by atoms with Gasteiger partial charge in [-0.1, -0.05) is 18.7 Å². The molecule has 4 nitrogen and oxygen atoms in total. The van der Waals surface area contributed by atoms with Crippen molar-refractivity contribution in [1.82, 2.24) is 9.55 Å². The van der Waals surface area contributed by atoms with Gasteiger partial charge in [-0.25, -0.2) is 4.98 Å². The Morgan fingerprint density at radius 2 is 2.33 bits per heavy atom. The first kappa shape index (κ1) is 14.6. The lowest BCUT2D eigenvalue weighted by molar-refractivity contribution is 0.585. The highest BCUT2D eigenvalue weighted by atomic mass is 32.2. The molecule has 1 aliphatic rings. The Bertz CT molecular complexity index is 785. The number of hydrogen-bond donors (Lipinski definition) is 0. The van der Waals surface area contributed by atoms with Gasteiger partial charge in [0.1, 0.15) is 4.83 Å². The second kappa shape index (κ2) is 5.82. The molecule has 1 aliphatic carbocycles. The minimum Gasteiger partial charge on any atom is -0.287 e. The average molecular weight is 319 g/mol. The van der Waals surface area contributed by atoms with E-state index in [1.54, 1.807) is 15.9 Å². The van der Waals surface area contributed by atoms with E-state index in [-0.39, 0.29) is 10.8 Å². The normalized spacial score (nSPS) is 15.1. The van der Waals surface area contributed by atoms with Crippen molar-refractivity contribution in [2.45, 2.75) is 56.5 Å². The number of aryl methyl sites for hydroxylation is 2. The molecule has 0 amide bonds. The first-order valence-electron chi connectivity index (χ1n) is 7.27. The van der Waals surface area contributed by atoms with Crippen LogP contribution in [-0.2, 0) is 19.4 Å². The summed E-state index contributed by atoms with van der Waals surface area (Å²) in [6.07, 6.45) is 4.10. The van der Waals surface area contributed by atoms with Crippen molar-refractivity contribution >= 4 is 33.3 Å². The van der Waals surface area contributed by atoms with Gasteiger partial charge < -0.3 is 0 Å². The predicted molar refractivity (Wildman–Crippen MR) is 87.1 cm³/mol. The summed E-state index contributed by atoms with van der Waals surface area (Å²) in [6, 6.07) is 2.20. The van der Waals surface area contributed by atoms with Crippen molar-refractivity contribution in [3.63, 3.8) is 0 Å². The maximum absolute atomic E-state index is 12.9. The molecule has 0 spiro atoms. The van der Waals surface area contributed by atoms with Crippen molar-refractivity contribution in [3.05, 3.63) is 20.8 Å². The van der Waals surface area contributed by atoms with E-state index >= 15 is 0 Å². The molecular formula is C15H17N3OS2. The maximum atomic E-state index is 12.9. The number of nitrogens with zero attached hydrogens (tertiary/aromatic N) is 3. The zero-order valence-corrected chi connectivity index (χ0v) is 13.8. The van der Waals surface area contributed by atoms with E-state index in [9.17, 15) is 4.79 Å². The number of rotatable bonds is 4. The van der Waals surface area contributed by atoms with Gasteiger partial charge in [0.2, 0.25) is 0 Å². The summed E-state index contributed by atoms with van der Waals surface area (Å²) in [4.78, 5) is 19.7. The summed E-state index contributed by atoms with van der Waals surface area (Å²) in [5.74, 6) is 0. The molecule has 2 heterocycles. The lowest BCUT2D eigenvalue weighted by Gasteiger charge is -2.12. The summed E-state index contributed by atoms with van der Waals surface area (Å²) < 4.78 is 1.76. The van der Waals surface area contributed by atoms with Crippen molar-refractivity contribution in [3.8, 4) is 6.07 Å². The Labute approximate surface area is 131 Å². The molecule has 3 rings (SSSR count). The van der Waals surface area contributed by atoms with Gasteiger partial charge in [-0.2, -0.15) is 5.26 Å². The average Bonchev–Trinajstić information content (AvgIpc) is 3.03. The van der Waals surface area contributed by atoms with Crippen molar-refractivity contribution < 1.29 is 0 Å². The molecule has 0 N–H and O–H groups in total. The third-order valence-corrected chi connectivity index (χ3v) is 5.87. The lowest BCUT2D eigenvalue weighted by atomic mass is 10.2. The molecule has 1 atom stereocenters. The lowest BCUT2D eigenvalue weighted by Crippen LogP contribution is -2.23. The Balaban J connectivity index is 2.21. The molecule has 0 fully saturated rings. The van der Waals surface area contributed by atoms with Crippen molar-refractivity contribution in [2.75, 3.05) is 0 Å². The molecule has 2 aromatic rings. The zero-order valence-electron chi connectivity index (χ0n) is 12.2. The van der Waals surface area contributed by atoms with Crippen LogP contribution in [0.4, 0.5) is 0 Å². The van der Waals surface area contributed by atoms with Crippen LogP contribution < -0.4 is 5.56 Å². The SMILES string of the molecule is CCCn1c(S[C@@H](C)C#N)nc2sc3c(c2c1=O)CCC3. The maximum Gasteiger partial charge on any atom is 0.263 e. The van der Waals surface area contributed by atoms with Gasteiger partial charge in [0.15, 0.2) is 5.16 Å². The van der Waals surface area contributed by atoms with E-state index in [4.69, 9.17) is 10.2 Å². The zero-order chi connectivity index (χ0) is 15.0. The highest BCUT2D eigenvalue weighted by Gasteiger charge is 2.23. The Kier molecular flexibility index (Phi) is 4.05. The standard InChI is InChI=1S/C15H17N3OS2/c1-3-7-18-14(19)12-10-5-4-6-11(10)21-13(12)17-15(18)20-9(2)8-16/h9H,3-7H2,1-2H3/t9-/m0/s1. The predicted octanol–water partition coefficient (Wildman–Crippen LogP) is 3.36. The summed E-state index contributed by atoms with van der Waals surface area (Å²) in [5.41, 5.74) is 1.30. The largest absolute Gasteiger partial charge is 0.287 e. The summed E-state index contributed by atoms with van der Waals surface area (Å²) in [6.45, 7) is 4.55. The third kappa shape index (κ3) is 2.49. The van der Waals surface area contributed by atoms with Gasteiger partial charge in [0, 0.05) is 11.4 Å². The summed E-state index contributed by atoms with van der Waals surface area (Å²) >= 11 is 3.03. The second-order valence-electron chi connectivity index (χ2n) is 5.28. The quantitative estimate of drug-likeness (QED) is 0.640. The topological polar surface area (TPSA) is 58.7 Å². The van der Waals surface area contributed by atoms with E-state index in [0.717, 1.165) is 35.9 Å². The number of thioether (sulfide) groups is 1. The molecule has 0 bridgehead atoms. The van der Waals surface area contributed by atoms with Crippen LogP contribution in [0.25, 0.3) is 10.2 Å². The van der Waals surface area contributed by atoms with Crippen LogP contribution in [0.2, 0.25) is 0 Å². The van der Waals surface area contributed by atoms with Crippen LogP contribution in [0.5, 0.6) is 0 Å². The highest BCUT2D eigenvalue weighted by molar-refractivity contribution is 8.00. The molecule has 0 saturated carbocycles. The Morgan fingerprint density at radius 1 is 1.52 bits per heavy atom. The van der Waals surface area contributed by atoms with Gasteiger partial charge in [-0.3, -0.25) is 9.36 Å². The summed E-state index contributed by atoms with van der Waals surface area (Å²) in [7, 11) is 0. The smallest absolute Gasteiger partial charge is 0.263 e. The van der Waals surface area contributed by atoms with Gasteiger partial charge in [0.05, 0.1) is 16.7 Å². The fourth-order valence-electron chi connectivity index (χ4n) is 2.75. The Hall–Kier alpha value is -1.32. The molecule has 21 heavy (non-hydrogen) atoms. The van der Waals surface area contributed by atoms with E-state index < -0.39 is 0 Å². The fraction of sp³-hybridized carbons (Fsp3) is 0.533. The Morgan fingerprint density at radius 3 is 3.05 bits per heavy atom. The minimum atomic E-state index is -0.204. The van der Waals surface area contributed by atoms with Gasteiger partial charge in [-0.05, 0) is 38.2 Å². The van der Waals surface area contributed by atoms with Crippen LogP contribution in [-0.4, -0.2) is 14.8 Å². The van der Waals surface area contributed by atoms with Gasteiger partial charge in [0.25, 0.3) is 5.56 Å². The molecule has 2 aromatic heterocycles. The van der Waals surface area contributed by atoms with E-state index in [0.29, 0.717) is 11.7 Å². The number of thiophene rings is 1. The van der Waals surface area contributed by atoms with Crippen molar-refractivity contribution in [1.29, 1.82) is 5.26 Å². The molecular weight excluding hydrogens is 302 g/mol. The molecule has 6 heteroatoms. The van der Waals surface area contributed by atoms with Gasteiger partial charge in [-0.15, -0.1) is 11.3 Å². The molecule has 0 unspecified atom stereocenters. The van der Waals surface area contributed by atoms with Crippen LogP contribution in [0, 0.1) is 11.3 Å². The third-order valence-electron chi connectivity index (χ3n) is 3.70. The van der Waals surface area contributed by atoms with Crippen LogP contribution >= 0.6 is 23.1 Å². The monoisotopic (exact) mass is 319 g/mol. The van der Waals surface area contributed by atoms with Crippen LogP contribution in [0.1, 0.15) is 37.1 Å². The van der Waals surface area contributed by atoms with E-state index in [2.05, 4.69) is 13.0 Å². The number of nitriles is 1. The number of hydrogen-bond acceptors (Lipinski definition) is 5. The highest BCUT2D eigenvalue weighted by Crippen LogP contribution is 2.35. The summed E-state index contributed by atoms with van der Waals surface area (Å²) in [5, 5.41) is 10.3. The molecule has 110 valence electrons. The molecule has 0 aromatic carbocycles. The van der Waals surface area contributed by atoms with Gasteiger partial charge >= 0.3 is 0 Å². The molecule has 0 saturated heterocycles. The number of aromatic nitrogens is 2. The molecule has 0 aliphatic heterocycles. The van der Waals surface area contributed by atoms with Crippen molar-refractivity contribution in [2.24, 2.45) is 0 Å². The van der Waals surface area contributed by atoms with Crippen LogP contribution in [0.15, 0.2) is 9.95 Å². The molecule has 0 radical (unpaired) electrons. The van der Waals surface area contributed by atoms with Crippen LogP contribution in [0.3, 0.4) is 0 Å². The number of fused-ring (bicyclic) bond motifs is 3. The van der Waals surface area contributed by atoms with E-state index in [1.165, 1.54) is 22.2 Å². The fourth-order valence-corrected chi connectivity index (χ4v) is 4.88. The first-order valence-corrected chi connectivity index (χ1v) is 8.96. The van der Waals surface area contributed by atoms with E-state index in [1.807, 2.05) is 6.92 Å². The minimum absolute atomic E-state index is 0.0777.